The summed E-state index contributed by atoms with van der Waals surface area (Å²) in [6, 6.07) is 13.7. The summed E-state index contributed by atoms with van der Waals surface area (Å²) in [4.78, 5) is 12.3. The van der Waals surface area contributed by atoms with Gasteiger partial charge in [0.1, 0.15) is 11.6 Å². The minimum Gasteiger partial charge on any atom is -0.484 e. The molecule has 0 aliphatic carbocycles. The van der Waals surface area contributed by atoms with Gasteiger partial charge in [0.25, 0.3) is 5.91 Å². The van der Waals surface area contributed by atoms with Crippen LogP contribution in [0.2, 0.25) is 0 Å². The number of nitrogens with one attached hydrogen (secondary N) is 1. The maximum atomic E-state index is 12.3. The minimum atomic E-state index is -0.218. The van der Waals surface area contributed by atoms with Gasteiger partial charge in [0.2, 0.25) is 0 Å². The Hall–Kier alpha value is -2.34. The van der Waals surface area contributed by atoms with E-state index in [0.717, 1.165) is 20.9 Å². The van der Waals surface area contributed by atoms with Crippen LogP contribution in [-0.4, -0.2) is 22.3 Å². The number of carbonyl (C=O) groups is 1. The zero-order valence-electron chi connectivity index (χ0n) is 15.3. The SMILES string of the molecule is Cc1cc(NC(=O)COc2ccc3cc(Br)ccc3c2)n(C(C)(C)C)n1. The molecule has 0 radical (unpaired) electrons. The van der Waals surface area contributed by atoms with Crippen molar-refractivity contribution in [2.75, 3.05) is 11.9 Å². The molecule has 0 atom stereocenters. The van der Waals surface area contributed by atoms with Crippen LogP contribution in [-0.2, 0) is 10.3 Å². The summed E-state index contributed by atoms with van der Waals surface area (Å²) in [5.41, 5.74) is 0.640. The lowest BCUT2D eigenvalue weighted by Gasteiger charge is -2.22. The van der Waals surface area contributed by atoms with Gasteiger partial charge in [-0.1, -0.05) is 28.1 Å². The van der Waals surface area contributed by atoms with Gasteiger partial charge >= 0.3 is 0 Å². The first-order valence-electron chi connectivity index (χ1n) is 8.41. The van der Waals surface area contributed by atoms with Crippen molar-refractivity contribution in [2.45, 2.75) is 33.2 Å². The molecule has 1 N–H and O–H groups in total. The average Bonchev–Trinajstić information content (AvgIpc) is 2.93. The molecule has 0 aliphatic rings. The van der Waals surface area contributed by atoms with Crippen molar-refractivity contribution in [1.29, 1.82) is 0 Å². The number of amides is 1. The molecule has 0 spiro atoms. The summed E-state index contributed by atoms with van der Waals surface area (Å²) in [6.45, 7) is 7.97. The highest BCUT2D eigenvalue weighted by Gasteiger charge is 2.20. The van der Waals surface area contributed by atoms with Crippen LogP contribution < -0.4 is 10.1 Å². The topological polar surface area (TPSA) is 56.1 Å². The highest BCUT2D eigenvalue weighted by molar-refractivity contribution is 9.10. The van der Waals surface area contributed by atoms with Gasteiger partial charge in [-0.05, 0) is 62.7 Å². The maximum absolute atomic E-state index is 12.3. The van der Waals surface area contributed by atoms with Gasteiger partial charge in [0.15, 0.2) is 6.61 Å². The Labute approximate surface area is 161 Å². The molecular formula is C20H22BrN3O2. The molecule has 0 fully saturated rings. The Morgan fingerprint density at radius 1 is 1.15 bits per heavy atom. The van der Waals surface area contributed by atoms with Gasteiger partial charge in [0.05, 0.1) is 11.2 Å². The Morgan fingerprint density at radius 3 is 2.58 bits per heavy atom. The molecule has 3 aromatic rings. The van der Waals surface area contributed by atoms with E-state index >= 15 is 0 Å². The second kappa shape index (κ2) is 7.11. The Kier molecular flexibility index (Phi) is 5.05. The number of halogens is 1. The molecule has 0 saturated heterocycles. The Balaban J connectivity index is 1.67. The third kappa shape index (κ3) is 4.25. The molecule has 0 aliphatic heterocycles. The largest absolute Gasteiger partial charge is 0.484 e. The number of hydrogen-bond donors (Lipinski definition) is 1. The van der Waals surface area contributed by atoms with E-state index in [2.05, 4.69) is 26.3 Å². The third-order valence-corrected chi connectivity index (χ3v) is 4.37. The molecular weight excluding hydrogens is 394 g/mol. The number of nitrogens with zero attached hydrogens (tertiary/aromatic N) is 2. The van der Waals surface area contributed by atoms with Crippen molar-refractivity contribution < 1.29 is 9.53 Å². The summed E-state index contributed by atoms with van der Waals surface area (Å²) >= 11 is 3.46. The molecule has 1 aromatic heterocycles. The number of anilines is 1. The lowest BCUT2D eigenvalue weighted by atomic mass is 10.1. The molecule has 0 bridgehead atoms. The number of ether oxygens (including phenoxy) is 1. The van der Waals surface area contributed by atoms with E-state index in [0.29, 0.717) is 11.6 Å². The number of carbonyl (C=O) groups excluding carboxylic acids is 1. The zero-order chi connectivity index (χ0) is 18.9. The second-order valence-electron chi connectivity index (χ2n) is 7.24. The van der Waals surface area contributed by atoms with E-state index in [9.17, 15) is 4.79 Å². The first-order valence-corrected chi connectivity index (χ1v) is 9.21. The fraction of sp³-hybridized carbons (Fsp3) is 0.300. The predicted molar refractivity (Wildman–Crippen MR) is 108 cm³/mol. The number of hydrogen-bond acceptors (Lipinski definition) is 3. The number of aryl methyl sites for hydroxylation is 1. The Morgan fingerprint density at radius 2 is 1.85 bits per heavy atom. The van der Waals surface area contributed by atoms with E-state index in [1.165, 1.54) is 0 Å². The predicted octanol–water partition coefficient (Wildman–Crippen LogP) is 4.88. The second-order valence-corrected chi connectivity index (χ2v) is 8.16. The molecule has 0 saturated carbocycles. The fourth-order valence-corrected chi connectivity index (χ4v) is 3.09. The quantitative estimate of drug-likeness (QED) is 0.660. The molecule has 26 heavy (non-hydrogen) atoms. The number of rotatable bonds is 4. The lowest BCUT2D eigenvalue weighted by Crippen LogP contribution is -2.28. The maximum Gasteiger partial charge on any atom is 0.263 e. The van der Waals surface area contributed by atoms with Gasteiger partial charge in [-0.3, -0.25) is 4.79 Å². The van der Waals surface area contributed by atoms with Crippen LogP contribution >= 0.6 is 15.9 Å². The van der Waals surface area contributed by atoms with E-state index in [-0.39, 0.29) is 18.1 Å². The van der Waals surface area contributed by atoms with Crippen molar-refractivity contribution >= 4 is 38.4 Å². The van der Waals surface area contributed by atoms with Gasteiger partial charge < -0.3 is 10.1 Å². The highest BCUT2D eigenvalue weighted by atomic mass is 79.9. The van der Waals surface area contributed by atoms with Crippen LogP contribution in [0.4, 0.5) is 5.82 Å². The molecule has 6 heteroatoms. The number of fused-ring (bicyclic) bond motifs is 1. The average molecular weight is 416 g/mol. The normalized spacial score (nSPS) is 11.6. The molecule has 5 nitrogen and oxygen atoms in total. The number of aromatic nitrogens is 2. The van der Waals surface area contributed by atoms with Crippen molar-refractivity contribution in [2.24, 2.45) is 0 Å². The molecule has 0 unspecified atom stereocenters. The van der Waals surface area contributed by atoms with Crippen molar-refractivity contribution in [1.82, 2.24) is 9.78 Å². The van der Waals surface area contributed by atoms with Gasteiger partial charge in [-0.25, -0.2) is 4.68 Å². The van der Waals surface area contributed by atoms with Crippen LogP contribution in [0.1, 0.15) is 26.5 Å². The summed E-state index contributed by atoms with van der Waals surface area (Å²) in [5, 5.41) is 9.51. The smallest absolute Gasteiger partial charge is 0.263 e. The third-order valence-electron chi connectivity index (χ3n) is 3.88. The van der Waals surface area contributed by atoms with E-state index in [1.807, 2.05) is 74.8 Å². The highest BCUT2D eigenvalue weighted by Crippen LogP contribution is 2.24. The van der Waals surface area contributed by atoms with Gasteiger partial charge in [-0.2, -0.15) is 5.10 Å². The summed E-state index contributed by atoms with van der Waals surface area (Å²) < 4.78 is 8.50. The van der Waals surface area contributed by atoms with Crippen LogP contribution in [0.25, 0.3) is 10.8 Å². The molecule has 2 aromatic carbocycles. The van der Waals surface area contributed by atoms with E-state index in [4.69, 9.17) is 4.74 Å². The monoisotopic (exact) mass is 415 g/mol. The molecule has 3 rings (SSSR count). The van der Waals surface area contributed by atoms with Crippen LogP contribution in [0.15, 0.2) is 46.9 Å². The Bertz CT molecular complexity index is 957. The first kappa shape index (κ1) is 18.5. The molecule has 1 amide bonds. The standard InChI is InChI=1S/C20H22BrN3O2/c1-13-9-18(24(23-13)20(2,3)4)22-19(25)12-26-17-8-6-14-10-16(21)7-5-15(14)11-17/h5-11H,12H2,1-4H3,(H,22,25). The van der Waals surface area contributed by atoms with Crippen molar-refractivity contribution in [3.05, 3.63) is 52.6 Å². The zero-order valence-corrected chi connectivity index (χ0v) is 16.9. The van der Waals surface area contributed by atoms with Crippen LogP contribution in [0.3, 0.4) is 0 Å². The van der Waals surface area contributed by atoms with Crippen molar-refractivity contribution in [3.63, 3.8) is 0 Å². The van der Waals surface area contributed by atoms with E-state index in [1.54, 1.807) is 0 Å². The lowest BCUT2D eigenvalue weighted by molar-refractivity contribution is -0.118. The molecule has 136 valence electrons. The first-order chi connectivity index (χ1) is 12.2. The summed E-state index contributed by atoms with van der Waals surface area (Å²) in [7, 11) is 0. The fourth-order valence-electron chi connectivity index (χ4n) is 2.71. The van der Waals surface area contributed by atoms with E-state index < -0.39 is 0 Å². The molecule has 1 heterocycles. The summed E-state index contributed by atoms with van der Waals surface area (Å²) in [5.74, 6) is 1.12. The van der Waals surface area contributed by atoms with Crippen molar-refractivity contribution in [3.8, 4) is 5.75 Å². The minimum absolute atomic E-state index is 0.0591. The van der Waals surface area contributed by atoms with Gasteiger partial charge in [0, 0.05) is 10.5 Å². The van der Waals surface area contributed by atoms with Crippen LogP contribution in [0.5, 0.6) is 5.75 Å². The number of benzene rings is 2. The summed E-state index contributed by atoms with van der Waals surface area (Å²) in [6.07, 6.45) is 0. The van der Waals surface area contributed by atoms with Gasteiger partial charge in [-0.15, -0.1) is 0 Å². The van der Waals surface area contributed by atoms with Crippen LogP contribution in [0, 0.1) is 6.92 Å².